The fourth-order valence-electron chi connectivity index (χ4n) is 1.97. The average molecular weight is 340 g/mol. The van der Waals surface area contributed by atoms with Gasteiger partial charge < -0.3 is 9.84 Å². The van der Waals surface area contributed by atoms with Gasteiger partial charge >= 0.3 is 0 Å². The van der Waals surface area contributed by atoms with Gasteiger partial charge in [-0.15, -0.1) is 0 Å². The number of aliphatic hydroxyl groups excluding tert-OH is 1. The van der Waals surface area contributed by atoms with E-state index in [-0.39, 0.29) is 6.10 Å². The van der Waals surface area contributed by atoms with Crippen molar-refractivity contribution in [2.45, 2.75) is 37.9 Å². The summed E-state index contributed by atoms with van der Waals surface area (Å²) in [5.74, 6) is 0.533. The first-order chi connectivity index (χ1) is 8.08. The molecule has 2 unspecified atom stereocenters. The van der Waals surface area contributed by atoms with Crippen molar-refractivity contribution in [1.82, 2.24) is 0 Å². The molecule has 1 aromatic carbocycles. The number of hydrogen-bond acceptors (Lipinski definition) is 2. The van der Waals surface area contributed by atoms with Gasteiger partial charge in [-0.25, -0.2) is 0 Å². The number of halogens is 3. The molecule has 0 amide bonds. The second-order valence-corrected chi connectivity index (χ2v) is 5.87. The first-order valence-electron chi connectivity index (χ1n) is 5.57. The van der Waals surface area contributed by atoms with Crippen molar-refractivity contribution < 1.29 is 9.84 Å². The van der Waals surface area contributed by atoms with Crippen molar-refractivity contribution in [3.05, 3.63) is 26.7 Å². The van der Waals surface area contributed by atoms with E-state index in [1.807, 2.05) is 0 Å². The standard InChI is InChI=1S/C12H13BrCl2O2/c13-7-5-9(15)12(6-8(7)14)17-11-4-2-1-3-10(11)16/h5-6,10-11,16H,1-4H2. The minimum atomic E-state index is -0.415. The third kappa shape index (κ3) is 3.28. The zero-order valence-corrected chi connectivity index (χ0v) is 12.2. The molecule has 0 aliphatic heterocycles. The minimum absolute atomic E-state index is 0.182. The summed E-state index contributed by atoms with van der Waals surface area (Å²) in [6, 6.07) is 3.38. The summed E-state index contributed by atoms with van der Waals surface area (Å²) in [5, 5.41) is 10.9. The van der Waals surface area contributed by atoms with E-state index in [1.165, 1.54) is 0 Å². The first kappa shape index (κ1) is 13.5. The largest absolute Gasteiger partial charge is 0.486 e. The number of benzene rings is 1. The maximum absolute atomic E-state index is 9.83. The molecule has 1 N–H and O–H groups in total. The van der Waals surface area contributed by atoms with Gasteiger partial charge in [0.1, 0.15) is 11.9 Å². The molecular weight excluding hydrogens is 327 g/mol. The Morgan fingerprint density at radius 2 is 1.88 bits per heavy atom. The Morgan fingerprint density at radius 1 is 1.18 bits per heavy atom. The van der Waals surface area contributed by atoms with E-state index in [1.54, 1.807) is 12.1 Å². The molecule has 1 aliphatic carbocycles. The quantitative estimate of drug-likeness (QED) is 0.807. The predicted molar refractivity (Wildman–Crippen MR) is 73.1 cm³/mol. The van der Waals surface area contributed by atoms with Crippen LogP contribution in [-0.4, -0.2) is 17.3 Å². The van der Waals surface area contributed by atoms with Crippen molar-refractivity contribution in [2.24, 2.45) is 0 Å². The Balaban J connectivity index is 2.15. The molecule has 1 fully saturated rings. The normalized spacial score (nSPS) is 24.7. The van der Waals surface area contributed by atoms with Crippen LogP contribution in [0.3, 0.4) is 0 Å². The highest BCUT2D eigenvalue weighted by molar-refractivity contribution is 9.10. The monoisotopic (exact) mass is 338 g/mol. The highest BCUT2D eigenvalue weighted by atomic mass is 79.9. The van der Waals surface area contributed by atoms with Gasteiger partial charge in [-0.05, 0) is 41.3 Å². The molecule has 0 spiro atoms. The second-order valence-electron chi connectivity index (χ2n) is 4.20. The molecule has 0 saturated heterocycles. The molecule has 94 valence electrons. The fraction of sp³-hybridized carbons (Fsp3) is 0.500. The van der Waals surface area contributed by atoms with Gasteiger partial charge in [0, 0.05) is 10.5 Å². The summed E-state index contributed by atoms with van der Waals surface area (Å²) in [6.45, 7) is 0. The topological polar surface area (TPSA) is 29.5 Å². The average Bonchev–Trinajstić information content (AvgIpc) is 2.29. The van der Waals surface area contributed by atoms with Crippen LogP contribution in [0, 0.1) is 0 Å². The second kappa shape index (κ2) is 5.79. The number of hydrogen-bond donors (Lipinski definition) is 1. The summed E-state index contributed by atoms with van der Waals surface area (Å²) in [6.07, 6.45) is 3.16. The highest BCUT2D eigenvalue weighted by Gasteiger charge is 2.25. The van der Waals surface area contributed by atoms with E-state index >= 15 is 0 Å². The van der Waals surface area contributed by atoms with Crippen molar-refractivity contribution in [3.8, 4) is 5.75 Å². The van der Waals surface area contributed by atoms with Crippen LogP contribution in [0.5, 0.6) is 5.75 Å². The van der Waals surface area contributed by atoms with Gasteiger partial charge in [-0.2, -0.15) is 0 Å². The van der Waals surface area contributed by atoms with Crippen LogP contribution in [0.15, 0.2) is 16.6 Å². The first-order valence-corrected chi connectivity index (χ1v) is 7.12. The molecule has 2 rings (SSSR count). The third-order valence-corrected chi connectivity index (χ3v) is 4.41. The Labute approximate surface area is 119 Å². The summed E-state index contributed by atoms with van der Waals surface area (Å²) >= 11 is 15.4. The van der Waals surface area contributed by atoms with Crippen LogP contribution < -0.4 is 4.74 Å². The molecule has 2 nitrogen and oxygen atoms in total. The lowest BCUT2D eigenvalue weighted by Crippen LogP contribution is -2.34. The Kier molecular flexibility index (Phi) is 4.59. The van der Waals surface area contributed by atoms with Gasteiger partial charge in [-0.1, -0.05) is 29.6 Å². The van der Waals surface area contributed by atoms with E-state index in [2.05, 4.69) is 15.9 Å². The Bertz CT molecular complexity index is 412. The van der Waals surface area contributed by atoms with Crippen molar-refractivity contribution in [2.75, 3.05) is 0 Å². The van der Waals surface area contributed by atoms with Gasteiger partial charge in [0.25, 0.3) is 0 Å². The zero-order valence-electron chi connectivity index (χ0n) is 9.13. The molecule has 2 atom stereocenters. The Hall–Kier alpha value is 0.0400. The van der Waals surface area contributed by atoms with E-state index in [4.69, 9.17) is 27.9 Å². The van der Waals surface area contributed by atoms with Crippen LogP contribution >= 0.6 is 39.1 Å². The van der Waals surface area contributed by atoms with Crippen molar-refractivity contribution >= 4 is 39.1 Å². The van der Waals surface area contributed by atoms with Crippen LogP contribution in [-0.2, 0) is 0 Å². The molecule has 1 saturated carbocycles. The smallest absolute Gasteiger partial charge is 0.140 e. The maximum atomic E-state index is 9.83. The zero-order chi connectivity index (χ0) is 12.4. The SMILES string of the molecule is OC1CCCCC1Oc1cc(Cl)c(Br)cc1Cl. The fourth-order valence-corrected chi connectivity index (χ4v) is 2.81. The number of aliphatic hydroxyl groups is 1. The minimum Gasteiger partial charge on any atom is -0.486 e. The van der Waals surface area contributed by atoms with E-state index in [0.717, 1.165) is 30.2 Å². The molecule has 1 aliphatic rings. The van der Waals surface area contributed by atoms with Crippen molar-refractivity contribution in [1.29, 1.82) is 0 Å². The molecule has 0 radical (unpaired) electrons. The van der Waals surface area contributed by atoms with Gasteiger partial charge in [0.15, 0.2) is 0 Å². The van der Waals surface area contributed by atoms with Crippen LogP contribution in [0.2, 0.25) is 10.0 Å². The van der Waals surface area contributed by atoms with Crippen molar-refractivity contribution in [3.63, 3.8) is 0 Å². The lowest BCUT2D eigenvalue weighted by Gasteiger charge is -2.28. The summed E-state index contributed by atoms with van der Waals surface area (Å²) in [5.41, 5.74) is 0. The summed E-state index contributed by atoms with van der Waals surface area (Å²) < 4.78 is 6.48. The maximum Gasteiger partial charge on any atom is 0.140 e. The molecule has 17 heavy (non-hydrogen) atoms. The van der Waals surface area contributed by atoms with Crippen LogP contribution in [0.4, 0.5) is 0 Å². The summed E-state index contributed by atoms with van der Waals surface area (Å²) in [4.78, 5) is 0. The van der Waals surface area contributed by atoms with Crippen LogP contribution in [0.1, 0.15) is 25.7 Å². The molecule has 0 heterocycles. The van der Waals surface area contributed by atoms with Gasteiger partial charge in [0.05, 0.1) is 16.1 Å². The molecule has 5 heteroatoms. The molecular formula is C12H13BrCl2O2. The predicted octanol–water partition coefficient (Wildman–Crippen LogP) is 4.44. The van der Waals surface area contributed by atoms with Gasteiger partial charge in [0.2, 0.25) is 0 Å². The molecule has 0 bridgehead atoms. The summed E-state index contributed by atoms with van der Waals surface area (Å²) in [7, 11) is 0. The van der Waals surface area contributed by atoms with Gasteiger partial charge in [-0.3, -0.25) is 0 Å². The lowest BCUT2D eigenvalue weighted by atomic mass is 9.95. The molecule has 0 aromatic heterocycles. The third-order valence-electron chi connectivity index (χ3n) is 2.92. The molecule has 1 aromatic rings. The van der Waals surface area contributed by atoms with E-state index < -0.39 is 6.10 Å². The Morgan fingerprint density at radius 3 is 2.59 bits per heavy atom. The highest BCUT2D eigenvalue weighted by Crippen LogP contribution is 2.36. The van der Waals surface area contributed by atoms with E-state index in [9.17, 15) is 5.11 Å². The van der Waals surface area contributed by atoms with E-state index in [0.29, 0.717) is 15.8 Å². The number of rotatable bonds is 2. The number of ether oxygens (including phenoxy) is 1. The lowest BCUT2D eigenvalue weighted by molar-refractivity contribution is 0.00693. The van der Waals surface area contributed by atoms with Crippen LogP contribution in [0.25, 0.3) is 0 Å².